The summed E-state index contributed by atoms with van der Waals surface area (Å²) in [5, 5.41) is 122. The number of aliphatic hydroxyl groups excluding tert-OH is 10. The van der Waals surface area contributed by atoms with E-state index in [1.165, 1.54) is 10.8 Å². The zero-order valence-electron chi connectivity index (χ0n) is 42.8. The summed E-state index contributed by atoms with van der Waals surface area (Å²) in [5.74, 6) is -2.94. The zero-order chi connectivity index (χ0) is 60.5. The van der Waals surface area contributed by atoms with E-state index in [-0.39, 0.29) is 42.8 Å². The molecule has 22 N–H and O–H groups in total. The fourth-order valence-electron chi connectivity index (χ4n) is 5.80. The number of benzene rings is 3. The number of aliphatic imine (C=N–C) groups is 4. The molecule has 0 aliphatic heterocycles. The monoisotopic (exact) mass is 1170 g/mol. The van der Waals surface area contributed by atoms with Crippen LogP contribution in [0.4, 0.5) is 17.2 Å². The Bertz CT molecular complexity index is 2500. The molecule has 0 fully saturated rings. The molecule has 4 rings (SSSR count). The number of esters is 1. The lowest BCUT2D eigenvalue weighted by molar-refractivity contribution is -0.392. The second-order valence-corrected chi connectivity index (χ2v) is 17.1. The van der Waals surface area contributed by atoms with Crippen LogP contribution in [0.15, 0.2) is 105 Å². The van der Waals surface area contributed by atoms with Crippen molar-refractivity contribution in [1.82, 2.24) is 9.55 Å². The molecule has 0 radical (unpaired) electrons. The van der Waals surface area contributed by atoms with Crippen LogP contribution in [0.3, 0.4) is 0 Å². The van der Waals surface area contributed by atoms with Crippen LogP contribution in [0.25, 0.3) is 0 Å². The average Bonchev–Trinajstić information content (AvgIpc) is 3.81. The van der Waals surface area contributed by atoms with Gasteiger partial charge in [0, 0.05) is 41.4 Å². The van der Waals surface area contributed by atoms with E-state index in [1.807, 2.05) is 0 Å². The SMILES string of the molecule is Cc1ncc([N+](=O)[O-])n1CCOC(=O)c1ccccc1.NC(=NCCCCCCN=C(N)/N=C(\N)Nc1ccc(Cl)cc1)/N=C(\N)Nc1ccc(Cl)cc1.O=C(O)[C@H](O)[C@@H](O)[C@H](O)[C@H](O)CO.O=C(O)[C@H](O)[C@@H](O)[C@H](O)[C@H](O)CO. The number of hydrogen-bond acceptors (Lipinski definition) is 19. The van der Waals surface area contributed by atoms with Crippen molar-refractivity contribution in [3.05, 3.63) is 117 Å². The Morgan fingerprint density at radius 1 is 0.662 bits per heavy atom. The van der Waals surface area contributed by atoms with Crippen molar-refractivity contribution in [2.45, 2.75) is 88.0 Å². The minimum atomic E-state index is -2.20. The van der Waals surface area contributed by atoms with E-state index >= 15 is 0 Å². The normalized spacial score (nSPS) is 14.8. The molecule has 442 valence electrons. The molecule has 80 heavy (non-hydrogen) atoms. The number of carbonyl (C=O) groups excluding carboxylic acids is 1. The molecule has 33 heteroatoms. The Hall–Kier alpha value is -7.66. The summed E-state index contributed by atoms with van der Waals surface area (Å²) in [7, 11) is 0. The van der Waals surface area contributed by atoms with Gasteiger partial charge in [0.05, 0.1) is 18.8 Å². The number of carbonyl (C=O) groups is 3. The number of aromatic nitrogens is 2. The van der Waals surface area contributed by atoms with Gasteiger partial charge in [0.15, 0.2) is 18.0 Å². The number of hydrogen-bond donors (Lipinski definition) is 18. The highest BCUT2D eigenvalue weighted by molar-refractivity contribution is 6.31. The molecule has 0 aliphatic carbocycles. The number of unbranched alkanes of at least 4 members (excludes halogenated alkanes) is 3. The molecule has 3 aromatic carbocycles. The summed E-state index contributed by atoms with van der Waals surface area (Å²) in [4.78, 5) is 62.5. The van der Waals surface area contributed by atoms with Crippen molar-refractivity contribution in [2.24, 2.45) is 42.9 Å². The molecule has 0 amide bonds. The van der Waals surface area contributed by atoms with E-state index in [9.17, 15) is 24.5 Å². The van der Waals surface area contributed by atoms with Crippen LogP contribution in [0, 0.1) is 17.0 Å². The maximum atomic E-state index is 11.7. The lowest BCUT2D eigenvalue weighted by Gasteiger charge is -2.23. The molecule has 1 heterocycles. The smallest absolute Gasteiger partial charge is 0.342 e. The standard InChI is InChI=1S/C22H30Cl2N10.C13H13N3O4.2C6H12O7/c23-15-5-9-17(10-6-15)31-21(27)33-19(25)29-13-3-1-2-4-14-30-20(26)34-22(28)32-18-11-7-16(24)8-12-18;1-10-14-9-12(16(18)19)15(10)7-8-20-13(17)11-5-3-2-4-6-11;2*7-1-2(8)3(9)4(10)5(11)6(12)13/h5-12H,1-4,13-14H2,(H5,25,27,29,31,33)(H5,26,28,30,32,34);2-6,9H,7-8H2,1H3;2*2-5,7-11H,1H2,(H,12,13)/t;;2*2-,3-,4+,5-/m..11/s1. The predicted molar refractivity (Wildman–Crippen MR) is 293 cm³/mol. The average molecular weight is 1170 g/mol. The van der Waals surface area contributed by atoms with Gasteiger partial charge in [-0.1, -0.05) is 54.2 Å². The Kier molecular flexibility index (Phi) is 33.4. The first kappa shape index (κ1) is 70.4. The molecule has 1 aromatic heterocycles. The number of nitrogens with zero attached hydrogens (tertiary/aromatic N) is 7. The number of imidazole rings is 1. The van der Waals surface area contributed by atoms with E-state index in [0.717, 1.165) is 37.1 Å². The number of ether oxygens (including phenoxy) is 1. The first-order valence-electron chi connectivity index (χ1n) is 23.6. The number of halogens is 2. The summed E-state index contributed by atoms with van der Waals surface area (Å²) >= 11 is 11.7. The van der Waals surface area contributed by atoms with Crippen molar-refractivity contribution < 1.29 is 85.3 Å². The summed E-state index contributed by atoms with van der Waals surface area (Å²) < 4.78 is 6.48. The van der Waals surface area contributed by atoms with Gasteiger partial charge >= 0.3 is 23.7 Å². The van der Waals surface area contributed by atoms with Crippen LogP contribution < -0.4 is 33.6 Å². The van der Waals surface area contributed by atoms with Gasteiger partial charge in [-0.15, -0.1) is 0 Å². The third kappa shape index (κ3) is 27.8. The lowest BCUT2D eigenvalue weighted by Crippen LogP contribution is -2.48. The van der Waals surface area contributed by atoms with E-state index in [0.29, 0.717) is 34.5 Å². The number of carboxylic acid groups (broad SMARTS) is 2. The van der Waals surface area contributed by atoms with Gasteiger partial charge in [-0.05, 0) is 78.4 Å². The summed E-state index contributed by atoms with van der Waals surface area (Å²) in [6.45, 7) is 1.34. The number of carboxylic acids is 2. The van der Waals surface area contributed by atoms with E-state index < -0.39 is 84.9 Å². The number of guanidine groups is 4. The van der Waals surface area contributed by atoms with Crippen molar-refractivity contribution in [2.75, 3.05) is 43.5 Å². The van der Waals surface area contributed by atoms with Gasteiger partial charge in [-0.25, -0.2) is 23.9 Å². The van der Waals surface area contributed by atoms with Crippen LogP contribution in [0.2, 0.25) is 10.0 Å². The fourth-order valence-corrected chi connectivity index (χ4v) is 6.05. The molecule has 31 nitrogen and oxygen atoms in total. The number of nitrogens with two attached hydrogens (primary N) is 4. The van der Waals surface area contributed by atoms with Crippen molar-refractivity contribution in [1.29, 1.82) is 0 Å². The van der Waals surface area contributed by atoms with Crippen molar-refractivity contribution in [3.8, 4) is 0 Å². The molecule has 8 atom stereocenters. The summed E-state index contributed by atoms with van der Waals surface area (Å²) in [6, 6.07) is 22.7. The first-order chi connectivity index (χ1) is 37.7. The summed E-state index contributed by atoms with van der Waals surface area (Å²) in [6.07, 6.45) is -10.8. The molecule has 0 saturated carbocycles. The number of nitrogens with one attached hydrogen (secondary N) is 2. The molecular weight excluding hydrogens is 1110 g/mol. The van der Waals surface area contributed by atoms with Crippen LogP contribution in [0.5, 0.6) is 0 Å². The van der Waals surface area contributed by atoms with Crippen LogP contribution >= 0.6 is 23.2 Å². The van der Waals surface area contributed by atoms with Gasteiger partial charge in [-0.3, -0.25) is 9.98 Å². The van der Waals surface area contributed by atoms with E-state index in [4.69, 9.17) is 112 Å². The molecular formula is C47H67Cl2N13O18. The minimum absolute atomic E-state index is 0.0474. The van der Waals surface area contributed by atoms with E-state index in [1.54, 1.807) is 85.8 Å². The highest BCUT2D eigenvalue weighted by atomic mass is 35.5. The highest BCUT2D eigenvalue weighted by Crippen LogP contribution is 2.16. The Labute approximate surface area is 466 Å². The number of aryl methyl sites for hydroxylation is 1. The van der Waals surface area contributed by atoms with Gasteiger partial charge < -0.3 is 110 Å². The second kappa shape index (κ2) is 38.0. The second-order valence-electron chi connectivity index (χ2n) is 16.3. The maximum absolute atomic E-state index is 11.7. The quantitative estimate of drug-likeness (QED) is 0.00929. The maximum Gasteiger partial charge on any atom is 0.342 e. The Balaban J connectivity index is 0.000000588. The van der Waals surface area contributed by atoms with Crippen LogP contribution in [-0.4, -0.2) is 199 Å². The number of nitro groups is 1. The van der Waals surface area contributed by atoms with Crippen molar-refractivity contribution >= 4 is 82.1 Å². The van der Waals surface area contributed by atoms with E-state index in [2.05, 4.69) is 35.6 Å². The minimum Gasteiger partial charge on any atom is -0.479 e. The topological polar surface area (TPSA) is 542 Å². The molecule has 4 aromatic rings. The molecule has 0 spiro atoms. The number of aliphatic hydroxyl groups is 10. The Morgan fingerprint density at radius 2 is 1.06 bits per heavy atom. The largest absolute Gasteiger partial charge is 0.479 e. The van der Waals surface area contributed by atoms with Gasteiger partial charge in [-0.2, -0.15) is 9.98 Å². The van der Waals surface area contributed by atoms with Gasteiger partial charge in [0.25, 0.3) is 0 Å². The van der Waals surface area contributed by atoms with Gasteiger partial charge in [0.2, 0.25) is 23.8 Å². The zero-order valence-corrected chi connectivity index (χ0v) is 44.3. The predicted octanol–water partition coefficient (Wildman–Crippen LogP) is -1.69. The Morgan fingerprint density at radius 3 is 1.43 bits per heavy atom. The third-order valence-electron chi connectivity index (χ3n) is 10.1. The number of anilines is 2. The van der Waals surface area contributed by atoms with Crippen LogP contribution in [-0.2, 0) is 20.9 Å². The highest BCUT2D eigenvalue weighted by Gasteiger charge is 2.35. The first-order valence-corrected chi connectivity index (χ1v) is 24.3. The third-order valence-corrected chi connectivity index (χ3v) is 10.6. The lowest BCUT2D eigenvalue weighted by atomic mass is 10.0. The molecule has 0 aliphatic rings. The van der Waals surface area contributed by atoms with Crippen LogP contribution in [0.1, 0.15) is 41.9 Å². The van der Waals surface area contributed by atoms with Gasteiger partial charge in [0.1, 0.15) is 56.0 Å². The number of aliphatic carboxylic acids is 2. The fraction of sp³-hybridized carbons (Fsp3) is 0.404. The molecule has 0 saturated heterocycles. The summed E-state index contributed by atoms with van der Waals surface area (Å²) in [5.41, 5.74) is 25.2. The molecule has 0 unspecified atom stereocenters. The number of rotatable bonds is 24. The molecule has 0 bridgehead atoms. The van der Waals surface area contributed by atoms with Crippen molar-refractivity contribution in [3.63, 3.8) is 0 Å².